The molecular formula is C18H27NO2. The lowest BCUT2D eigenvalue weighted by atomic mass is 9.59. The number of rotatable bonds is 5. The van der Waals surface area contributed by atoms with E-state index in [-0.39, 0.29) is 16.0 Å². The summed E-state index contributed by atoms with van der Waals surface area (Å²) in [7, 11) is 0. The summed E-state index contributed by atoms with van der Waals surface area (Å²) in [5, 5.41) is 11.0. The molecule has 0 amide bonds. The van der Waals surface area contributed by atoms with Gasteiger partial charge in [-0.15, -0.1) is 0 Å². The Morgan fingerprint density at radius 3 is 2.67 bits per heavy atom. The van der Waals surface area contributed by atoms with E-state index in [2.05, 4.69) is 13.8 Å². The minimum Gasteiger partial charge on any atom is -0.258 e. The highest BCUT2D eigenvalue weighted by Gasteiger charge is 2.41. The van der Waals surface area contributed by atoms with Crippen LogP contribution in [0.1, 0.15) is 69.9 Å². The van der Waals surface area contributed by atoms with Crippen molar-refractivity contribution < 1.29 is 4.92 Å². The third kappa shape index (κ3) is 2.97. The summed E-state index contributed by atoms with van der Waals surface area (Å²) in [4.78, 5) is 10.7. The SMILES string of the molecule is CCCC1(c2ccc([N+](=O)[O-])cc2C)CCCCC1CC. The van der Waals surface area contributed by atoms with Crippen molar-refractivity contribution in [3.05, 3.63) is 39.4 Å². The van der Waals surface area contributed by atoms with Gasteiger partial charge < -0.3 is 0 Å². The predicted octanol–water partition coefficient (Wildman–Crippen LogP) is 5.54. The smallest absolute Gasteiger partial charge is 0.258 e. The molecule has 1 fully saturated rings. The molecule has 3 heteroatoms. The molecule has 1 aromatic rings. The van der Waals surface area contributed by atoms with Crippen molar-refractivity contribution in [3.8, 4) is 0 Å². The lowest BCUT2D eigenvalue weighted by molar-refractivity contribution is -0.384. The van der Waals surface area contributed by atoms with Crippen LogP contribution in [0, 0.1) is 23.0 Å². The molecule has 2 rings (SSSR count). The molecule has 2 unspecified atom stereocenters. The molecule has 0 aromatic heterocycles. The van der Waals surface area contributed by atoms with Crippen LogP contribution in [0.3, 0.4) is 0 Å². The van der Waals surface area contributed by atoms with Gasteiger partial charge in [-0.05, 0) is 48.6 Å². The second-order valence-corrected chi connectivity index (χ2v) is 6.51. The molecule has 0 aliphatic heterocycles. The number of non-ortho nitro benzene ring substituents is 1. The van der Waals surface area contributed by atoms with Crippen molar-refractivity contribution in [2.75, 3.05) is 0 Å². The second kappa shape index (κ2) is 6.59. The Labute approximate surface area is 127 Å². The van der Waals surface area contributed by atoms with Gasteiger partial charge in [0.1, 0.15) is 0 Å². The summed E-state index contributed by atoms with van der Waals surface area (Å²) in [6, 6.07) is 5.49. The molecular weight excluding hydrogens is 262 g/mol. The number of hydrogen-bond acceptors (Lipinski definition) is 2. The van der Waals surface area contributed by atoms with Crippen molar-refractivity contribution in [1.82, 2.24) is 0 Å². The Hall–Kier alpha value is -1.38. The van der Waals surface area contributed by atoms with E-state index < -0.39 is 0 Å². The molecule has 0 saturated heterocycles. The number of nitrogens with zero attached hydrogens (tertiary/aromatic N) is 1. The van der Waals surface area contributed by atoms with Gasteiger partial charge in [0.05, 0.1) is 4.92 Å². The highest BCUT2D eigenvalue weighted by Crippen LogP contribution is 2.49. The molecule has 21 heavy (non-hydrogen) atoms. The van der Waals surface area contributed by atoms with Crippen molar-refractivity contribution >= 4 is 5.69 Å². The van der Waals surface area contributed by atoms with E-state index in [1.807, 2.05) is 13.0 Å². The molecule has 0 N–H and O–H groups in total. The molecule has 3 nitrogen and oxygen atoms in total. The molecule has 2 atom stereocenters. The molecule has 116 valence electrons. The summed E-state index contributed by atoms with van der Waals surface area (Å²) in [5.41, 5.74) is 2.91. The lowest BCUT2D eigenvalue weighted by Gasteiger charge is -2.45. The number of nitro groups is 1. The summed E-state index contributed by atoms with van der Waals surface area (Å²) in [6.07, 6.45) is 8.72. The summed E-state index contributed by atoms with van der Waals surface area (Å²) in [6.45, 7) is 6.59. The first-order valence-electron chi connectivity index (χ1n) is 8.30. The first-order chi connectivity index (χ1) is 10.0. The average molecular weight is 289 g/mol. The number of nitro benzene ring substituents is 1. The zero-order valence-corrected chi connectivity index (χ0v) is 13.5. The fourth-order valence-corrected chi connectivity index (χ4v) is 4.49. The third-order valence-corrected chi connectivity index (χ3v) is 5.35. The van der Waals surface area contributed by atoms with Gasteiger partial charge in [0.25, 0.3) is 5.69 Å². The zero-order chi connectivity index (χ0) is 15.5. The van der Waals surface area contributed by atoms with Gasteiger partial charge in [-0.3, -0.25) is 10.1 Å². The fraction of sp³-hybridized carbons (Fsp3) is 0.667. The summed E-state index contributed by atoms with van der Waals surface area (Å²) in [5.74, 6) is 0.714. The zero-order valence-electron chi connectivity index (χ0n) is 13.5. The van der Waals surface area contributed by atoms with E-state index in [1.54, 1.807) is 12.1 Å². The maximum Gasteiger partial charge on any atom is 0.269 e. The normalized spacial score (nSPS) is 25.8. The van der Waals surface area contributed by atoms with Crippen molar-refractivity contribution in [2.24, 2.45) is 5.92 Å². The Balaban J connectivity index is 2.48. The maximum absolute atomic E-state index is 11.0. The van der Waals surface area contributed by atoms with E-state index >= 15 is 0 Å². The first-order valence-corrected chi connectivity index (χ1v) is 8.30. The van der Waals surface area contributed by atoms with Gasteiger partial charge in [0.15, 0.2) is 0 Å². The fourth-order valence-electron chi connectivity index (χ4n) is 4.49. The minimum atomic E-state index is -0.290. The summed E-state index contributed by atoms with van der Waals surface area (Å²) >= 11 is 0. The Bertz CT molecular complexity index is 508. The van der Waals surface area contributed by atoms with E-state index in [0.29, 0.717) is 5.92 Å². The minimum absolute atomic E-state index is 0.215. The molecule has 0 radical (unpaired) electrons. The van der Waals surface area contributed by atoms with Crippen LogP contribution < -0.4 is 0 Å². The molecule has 0 bridgehead atoms. The maximum atomic E-state index is 11.0. The molecule has 1 saturated carbocycles. The Kier molecular flexibility index (Phi) is 5.02. The van der Waals surface area contributed by atoms with Crippen LogP contribution in [-0.2, 0) is 5.41 Å². The average Bonchev–Trinajstić information content (AvgIpc) is 2.47. The number of aryl methyl sites for hydroxylation is 1. The predicted molar refractivity (Wildman–Crippen MR) is 86.7 cm³/mol. The van der Waals surface area contributed by atoms with Crippen LogP contribution in [0.5, 0.6) is 0 Å². The van der Waals surface area contributed by atoms with Gasteiger partial charge in [-0.25, -0.2) is 0 Å². The quantitative estimate of drug-likeness (QED) is 0.527. The first kappa shape index (κ1) is 16.0. The van der Waals surface area contributed by atoms with Gasteiger partial charge >= 0.3 is 0 Å². The number of hydrogen-bond donors (Lipinski definition) is 0. The van der Waals surface area contributed by atoms with E-state index in [4.69, 9.17) is 0 Å². The van der Waals surface area contributed by atoms with Gasteiger partial charge in [-0.2, -0.15) is 0 Å². The standard InChI is InChI=1S/C18H27NO2/c1-4-11-18(12-7-6-8-15(18)5-2)17-10-9-16(19(20)21)13-14(17)3/h9-10,13,15H,4-8,11-12H2,1-3H3. The van der Waals surface area contributed by atoms with E-state index in [9.17, 15) is 10.1 Å². The topological polar surface area (TPSA) is 43.1 Å². The Morgan fingerprint density at radius 1 is 1.33 bits per heavy atom. The monoisotopic (exact) mass is 289 g/mol. The highest BCUT2D eigenvalue weighted by molar-refractivity contribution is 5.43. The van der Waals surface area contributed by atoms with Gasteiger partial charge in [0.2, 0.25) is 0 Å². The second-order valence-electron chi connectivity index (χ2n) is 6.51. The van der Waals surface area contributed by atoms with Gasteiger partial charge in [-0.1, -0.05) is 45.6 Å². The molecule has 0 heterocycles. The molecule has 0 spiro atoms. The molecule has 1 aliphatic rings. The van der Waals surface area contributed by atoms with Crippen LogP contribution in [0.4, 0.5) is 5.69 Å². The highest BCUT2D eigenvalue weighted by atomic mass is 16.6. The van der Waals surface area contributed by atoms with Crippen molar-refractivity contribution in [2.45, 2.75) is 71.1 Å². The summed E-state index contributed by atoms with van der Waals surface area (Å²) < 4.78 is 0. The third-order valence-electron chi connectivity index (χ3n) is 5.35. The van der Waals surface area contributed by atoms with Crippen LogP contribution in [0.2, 0.25) is 0 Å². The van der Waals surface area contributed by atoms with Gasteiger partial charge in [0, 0.05) is 12.1 Å². The van der Waals surface area contributed by atoms with Crippen molar-refractivity contribution in [3.63, 3.8) is 0 Å². The van der Waals surface area contributed by atoms with Crippen LogP contribution >= 0.6 is 0 Å². The van der Waals surface area contributed by atoms with Crippen LogP contribution in [-0.4, -0.2) is 4.92 Å². The van der Waals surface area contributed by atoms with E-state index in [0.717, 1.165) is 5.56 Å². The molecule has 1 aromatic carbocycles. The van der Waals surface area contributed by atoms with Crippen LogP contribution in [0.15, 0.2) is 18.2 Å². The lowest BCUT2D eigenvalue weighted by Crippen LogP contribution is -2.38. The molecule has 1 aliphatic carbocycles. The van der Waals surface area contributed by atoms with Crippen LogP contribution in [0.25, 0.3) is 0 Å². The van der Waals surface area contributed by atoms with Crippen molar-refractivity contribution in [1.29, 1.82) is 0 Å². The Morgan fingerprint density at radius 2 is 2.10 bits per heavy atom. The number of benzene rings is 1. The van der Waals surface area contributed by atoms with E-state index in [1.165, 1.54) is 50.5 Å². The largest absolute Gasteiger partial charge is 0.269 e.